The third kappa shape index (κ3) is 5.25. The predicted octanol–water partition coefficient (Wildman–Crippen LogP) is 5.63. The van der Waals surface area contributed by atoms with Crippen molar-refractivity contribution in [3.05, 3.63) is 84.8 Å². The number of anilines is 1. The van der Waals surface area contributed by atoms with E-state index >= 15 is 0 Å². The number of nitrogens with zero attached hydrogens (tertiary/aromatic N) is 5. The van der Waals surface area contributed by atoms with Crippen LogP contribution in [0.15, 0.2) is 79.3 Å². The fourth-order valence-corrected chi connectivity index (χ4v) is 5.43. The van der Waals surface area contributed by atoms with Crippen molar-refractivity contribution in [2.24, 2.45) is 0 Å². The van der Waals surface area contributed by atoms with Crippen molar-refractivity contribution >= 4 is 34.1 Å². The van der Waals surface area contributed by atoms with Crippen molar-refractivity contribution in [1.29, 1.82) is 0 Å². The number of carbonyl (C=O) groups excluding carboxylic acids is 2. The van der Waals surface area contributed by atoms with Gasteiger partial charge in [0.1, 0.15) is 5.60 Å². The molecule has 0 bridgehead atoms. The van der Waals surface area contributed by atoms with Crippen LogP contribution in [0.3, 0.4) is 0 Å². The highest BCUT2D eigenvalue weighted by Crippen LogP contribution is 2.33. The van der Waals surface area contributed by atoms with Gasteiger partial charge in [0.15, 0.2) is 5.65 Å². The van der Waals surface area contributed by atoms with Crippen molar-refractivity contribution in [3.63, 3.8) is 0 Å². The Morgan fingerprint density at radius 2 is 1.55 bits per heavy atom. The first kappa shape index (κ1) is 27.3. The molecule has 1 aliphatic heterocycles. The molecule has 9 heteroatoms. The Bertz CT molecular complexity index is 1780. The Hall–Kier alpha value is -4.92. The fraction of sp³-hybridized carbons (Fsp3) is 0.273. The Balaban J connectivity index is 1.21. The van der Waals surface area contributed by atoms with Crippen molar-refractivity contribution in [1.82, 2.24) is 24.8 Å². The molecule has 0 aliphatic carbocycles. The summed E-state index contributed by atoms with van der Waals surface area (Å²) in [6, 6.07) is 20.1. The van der Waals surface area contributed by atoms with E-state index in [1.165, 1.54) is 0 Å². The SMILES string of the molecule is CNC(=O)c1cccc2c(-c3cnn4cc(-c5ccc(N6CCN(C(=O)OC(C)(C)C)CC6)cc5)cnc34)cccc12. The van der Waals surface area contributed by atoms with Gasteiger partial charge in [0, 0.05) is 68.0 Å². The van der Waals surface area contributed by atoms with Crippen LogP contribution in [0.4, 0.5) is 10.5 Å². The third-order valence-electron chi connectivity index (χ3n) is 7.54. The zero-order valence-corrected chi connectivity index (χ0v) is 24.3. The monoisotopic (exact) mass is 562 g/mol. The molecule has 1 N–H and O–H groups in total. The summed E-state index contributed by atoms with van der Waals surface area (Å²) in [5, 5.41) is 9.20. The molecule has 2 amide bonds. The molecular formula is C33H34N6O3. The molecule has 3 aromatic carbocycles. The highest BCUT2D eigenvalue weighted by Gasteiger charge is 2.26. The smallest absolute Gasteiger partial charge is 0.410 e. The summed E-state index contributed by atoms with van der Waals surface area (Å²) < 4.78 is 7.32. The van der Waals surface area contributed by atoms with Gasteiger partial charge < -0.3 is 19.9 Å². The summed E-state index contributed by atoms with van der Waals surface area (Å²) >= 11 is 0. The molecule has 1 aliphatic rings. The maximum absolute atomic E-state index is 12.4. The number of fused-ring (bicyclic) bond motifs is 2. The van der Waals surface area contributed by atoms with Crippen LogP contribution in [-0.2, 0) is 4.74 Å². The number of ether oxygens (including phenoxy) is 1. The number of hydrogen-bond donors (Lipinski definition) is 1. The van der Waals surface area contributed by atoms with Gasteiger partial charge in [-0.15, -0.1) is 0 Å². The minimum Gasteiger partial charge on any atom is -0.444 e. The van der Waals surface area contributed by atoms with Crippen molar-refractivity contribution in [2.45, 2.75) is 26.4 Å². The zero-order valence-electron chi connectivity index (χ0n) is 24.3. The van der Waals surface area contributed by atoms with Crippen LogP contribution in [0.1, 0.15) is 31.1 Å². The molecule has 0 spiro atoms. The maximum atomic E-state index is 12.4. The molecule has 42 heavy (non-hydrogen) atoms. The maximum Gasteiger partial charge on any atom is 0.410 e. The van der Waals surface area contributed by atoms with E-state index in [-0.39, 0.29) is 12.0 Å². The molecule has 6 rings (SSSR count). The van der Waals surface area contributed by atoms with E-state index in [0.29, 0.717) is 18.7 Å². The summed E-state index contributed by atoms with van der Waals surface area (Å²) in [4.78, 5) is 33.7. The summed E-state index contributed by atoms with van der Waals surface area (Å²) in [6.45, 7) is 8.42. The van der Waals surface area contributed by atoms with Gasteiger partial charge in [-0.1, -0.05) is 42.5 Å². The summed E-state index contributed by atoms with van der Waals surface area (Å²) in [5.74, 6) is -0.116. The van der Waals surface area contributed by atoms with Gasteiger partial charge in [-0.05, 0) is 60.9 Å². The van der Waals surface area contributed by atoms with Gasteiger partial charge in [0.25, 0.3) is 5.91 Å². The molecule has 5 aromatic rings. The van der Waals surface area contributed by atoms with Gasteiger partial charge in [0.2, 0.25) is 0 Å². The van der Waals surface area contributed by atoms with Crippen molar-refractivity contribution < 1.29 is 14.3 Å². The largest absolute Gasteiger partial charge is 0.444 e. The lowest BCUT2D eigenvalue weighted by Gasteiger charge is -2.36. The lowest BCUT2D eigenvalue weighted by molar-refractivity contribution is 0.0240. The fourth-order valence-electron chi connectivity index (χ4n) is 5.43. The highest BCUT2D eigenvalue weighted by molar-refractivity contribution is 6.11. The molecule has 0 unspecified atom stereocenters. The number of aromatic nitrogens is 3. The van der Waals surface area contributed by atoms with Crippen molar-refractivity contribution in [3.8, 4) is 22.3 Å². The summed E-state index contributed by atoms with van der Waals surface area (Å²) in [5.41, 5.74) is 5.88. The standard InChI is InChI=1S/C33H34N6O3/c1-33(2,3)42-32(41)38-17-15-37(16-18-38)24-13-11-22(12-14-24)23-19-35-30-29(20-36-39(30)21-23)27-9-5-8-26-25(27)7-6-10-28(26)31(40)34-4/h5-14,19-21H,15-18H2,1-4H3,(H,34,40). The molecule has 1 saturated heterocycles. The predicted molar refractivity (Wildman–Crippen MR) is 165 cm³/mol. The Morgan fingerprint density at radius 3 is 2.26 bits per heavy atom. The molecular weight excluding hydrogens is 528 g/mol. The first-order valence-electron chi connectivity index (χ1n) is 14.1. The summed E-state index contributed by atoms with van der Waals surface area (Å²) in [6.07, 6.45) is 5.43. The third-order valence-corrected chi connectivity index (χ3v) is 7.54. The van der Waals surface area contributed by atoms with Gasteiger partial charge in [0.05, 0.1) is 6.20 Å². The second-order valence-corrected chi connectivity index (χ2v) is 11.5. The van der Waals surface area contributed by atoms with Crippen LogP contribution in [0.5, 0.6) is 0 Å². The number of piperazine rings is 1. The second-order valence-electron chi connectivity index (χ2n) is 11.5. The molecule has 1 fully saturated rings. The number of carbonyl (C=O) groups is 2. The van der Waals surface area contributed by atoms with Crippen LogP contribution in [-0.4, -0.2) is 70.3 Å². The average Bonchev–Trinajstić information content (AvgIpc) is 3.42. The van der Waals surface area contributed by atoms with Crippen LogP contribution in [0, 0.1) is 0 Å². The van der Waals surface area contributed by atoms with E-state index in [1.54, 1.807) is 16.5 Å². The average molecular weight is 563 g/mol. The van der Waals surface area contributed by atoms with E-state index in [0.717, 1.165) is 57.5 Å². The lowest BCUT2D eigenvalue weighted by Crippen LogP contribution is -2.50. The highest BCUT2D eigenvalue weighted by atomic mass is 16.6. The van der Waals surface area contributed by atoms with Crippen molar-refractivity contribution in [2.75, 3.05) is 38.1 Å². The lowest BCUT2D eigenvalue weighted by atomic mass is 9.96. The Kier molecular flexibility index (Phi) is 7.02. The first-order valence-corrected chi connectivity index (χ1v) is 14.1. The minimum absolute atomic E-state index is 0.116. The first-order chi connectivity index (χ1) is 20.2. The minimum atomic E-state index is -0.493. The quantitative estimate of drug-likeness (QED) is 0.305. The molecule has 0 radical (unpaired) electrons. The van der Waals surface area contributed by atoms with Gasteiger partial charge in [-0.3, -0.25) is 4.79 Å². The topological polar surface area (TPSA) is 92.1 Å². The number of hydrogen-bond acceptors (Lipinski definition) is 6. The van der Waals surface area contributed by atoms with E-state index < -0.39 is 5.60 Å². The molecule has 3 heterocycles. The van der Waals surface area contributed by atoms with E-state index in [2.05, 4.69) is 39.6 Å². The van der Waals surface area contributed by atoms with Gasteiger partial charge in [-0.25, -0.2) is 14.3 Å². The second kappa shape index (κ2) is 10.8. The molecule has 0 saturated carbocycles. The van der Waals surface area contributed by atoms with Crippen LogP contribution in [0.25, 0.3) is 38.7 Å². The van der Waals surface area contributed by atoms with E-state index in [4.69, 9.17) is 9.72 Å². The van der Waals surface area contributed by atoms with E-state index in [9.17, 15) is 9.59 Å². The van der Waals surface area contributed by atoms with Crippen LogP contribution in [0.2, 0.25) is 0 Å². The molecule has 214 valence electrons. The molecule has 2 aromatic heterocycles. The summed E-state index contributed by atoms with van der Waals surface area (Å²) in [7, 11) is 1.64. The van der Waals surface area contributed by atoms with Crippen LogP contribution < -0.4 is 10.2 Å². The normalized spacial score (nSPS) is 13.9. The number of amides is 2. The Morgan fingerprint density at radius 1 is 0.833 bits per heavy atom. The Labute approximate surface area is 244 Å². The van der Waals surface area contributed by atoms with Gasteiger partial charge in [-0.2, -0.15) is 5.10 Å². The van der Waals surface area contributed by atoms with Crippen LogP contribution >= 0.6 is 0 Å². The van der Waals surface area contributed by atoms with Gasteiger partial charge >= 0.3 is 6.09 Å². The molecule has 0 atom stereocenters. The number of nitrogens with one attached hydrogen (secondary N) is 1. The molecule has 9 nitrogen and oxygen atoms in total. The number of benzene rings is 3. The van der Waals surface area contributed by atoms with E-state index in [1.807, 2.05) is 75.8 Å². The zero-order chi connectivity index (χ0) is 29.4. The number of rotatable bonds is 4.